The summed E-state index contributed by atoms with van der Waals surface area (Å²) >= 11 is 0. The van der Waals surface area contributed by atoms with E-state index in [4.69, 9.17) is 9.40 Å². The van der Waals surface area contributed by atoms with E-state index in [9.17, 15) is 4.79 Å². The third-order valence-corrected chi connectivity index (χ3v) is 7.46. The van der Waals surface area contributed by atoms with E-state index in [-0.39, 0.29) is 5.92 Å². The van der Waals surface area contributed by atoms with Crippen LogP contribution in [0.2, 0.25) is 0 Å². The van der Waals surface area contributed by atoms with E-state index in [1.165, 1.54) is 5.56 Å². The summed E-state index contributed by atoms with van der Waals surface area (Å²) in [7, 11) is 0. The second-order valence-electron chi connectivity index (χ2n) is 9.87. The van der Waals surface area contributed by atoms with Gasteiger partial charge in [-0.1, -0.05) is 18.2 Å². The number of hydrogen-bond donors (Lipinski definition) is 1. The molecule has 7 heteroatoms. The molecule has 1 amide bonds. The normalized spacial score (nSPS) is 18.8. The Morgan fingerprint density at radius 3 is 2.59 bits per heavy atom. The lowest BCUT2D eigenvalue weighted by Crippen LogP contribution is -2.45. The van der Waals surface area contributed by atoms with Crippen LogP contribution in [0.3, 0.4) is 0 Å². The lowest BCUT2D eigenvalue weighted by atomic mass is 9.92. The fourth-order valence-corrected chi connectivity index (χ4v) is 5.47. The van der Waals surface area contributed by atoms with Crippen LogP contribution in [-0.2, 0) is 11.3 Å². The Bertz CT molecular complexity index is 1280. The van der Waals surface area contributed by atoms with Crippen LogP contribution in [0.25, 0.3) is 22.1 Å². The van der Waals surface area contributed by atoms with Gasteiger partial charge in [0.2, 0.25) is 5.91 Å². The maximum Gasteiger partial charge on any atom is 0.225 e. The Labute approximate surface area is 199 Å². The molecule has 34 heavy (non-hydrogen) atoms. The summed E-state index contributed by atoms with van der Waals surface area (Å²) in [5.41, 5.74) is 5.12. The molecule has 1 N–H and O–H groups in total. The van der Waals surface area contributed by atoms with Crippen LogP contribution in [0.5, 0.6) is 0 Å². The summed E-state index contributed by atoms with van der Waals surface area (Å²) in [6.45, 7) is 6.36. The first-order valence-corrected chi connectivity index (χ1v) is 12.4. The van der Waals surface area contributed by atoms with Crippen molar-refractivity contribution >= 4 is 28.0 Å². The number of aromatic amines is 1. The van der Waals surface area contributed by atoms with Crippen LogP contribution in [-0.4, -0.2) is 56.8 Å². The molecular formula is C27H31N5O2. The number of benzene rings is 2. The second-order valence-corrected chi connectivity index (χ2v) is 9.87. The van der Waals surface area contributed by atoms with Crippen molar-refractivity contribution in [3.05, 3.63) is 59.7 Å². The molecule has 0 unspecified atom stereocenters. The number of para-hydroxylation sites is 2. The third-order valence-electron chi connectivity index (χ3n) is 7.46. The van der Waals surface area contributed by atoms with Gasteiger partial charge in [-0.2, -0.15) is 0 Å². The summed E-state index contributed by atoms with van der Waals surface area (Å²) in [6.07, 6.45) is 3.68. The first kappa shape index (κ1) is 21.4. The Kier molecular flexibility index (Phi) is 5.57. The second kappa shape index (κ2) is 8.87. The molecule has 176 valence electrons. The van der Waals surface area contributed by atoms with Crippen LogP contribution in [0.15, 0.2) is 46.9 Å². The first-order chi connectivity index (χ1) is 16.6. The molecular weight excluding hydrogens is 426 g/mol. The number of carbonyl (C=O) groups is 1. The molecule has 0 atom stereocenters. The number of oxazole rings is 1. The maximum atomic E-state index is 13.2. The van der Waals surface area contributed by atoms with Gasteiger partial charge in [-0.15, -0.1) is 0 Å². The molecule has 0 bridgehead atoms. The average molecular weight is 458 g/mol. The van der Waals surface area contributed by atoms with Crippen molar-refractivity contribution in [1.82, 2.24) is 24.8 Å². The summed E-state index contributed by atoms with van der Waals surface area (Å²) in [5.74, 6) is 2.59. The van der Waals surface area contributed by atoms with Gasteiger partial charge >= 0.3 is 0 Å². The van der Waals surface area contributed by atoms with Crippen LogP contribution in [0.1, 0.15) is 48.9 Å². The summed E-state index contributed by atoms with van der Waals surface area (Å²) in [6, 6.07) is 14.2. The van der Waals surface area contributed by atoms with Crippen molar-refractivity contribution in [2.45, 2.75) is 45.1 Å². The van der Waals surface area contributed by atoms with Gasteiger partial charge in [-0.25, -0.2) is 9.97 Å². The molecule has 0 spiro atoms. The van der Waals surface area contributed by atoms with E-state index < -0.39 is 0 Å². The molecule has 0 radical (unpaired) electrons. The van der Waals surface area contributed by atoms with E-state index >= 15 is 0 Å². The molecule has 2 aliphatic rings. The fraction of sp³-hybridized carbons (Fsp3) is 0.444. The van der Waals surface area contributed by atoms with Crippen LogP contribution < -0.4 is 0 Å². The molecule has 0 saturated carbocycles. The van der Waals surface area contributed by atoms with Gasteiger partial charge in [0, 0.05) is 24.9 Å². The van der Waals surface area contributed by atoms with Crippen molar-refractivity contribution in [3.63, 3.8) is 0 Å². The van der Waals surface area contributed by atoms with Gasteiger partial charge in [-0.05, 0) is 75.5 Å². The molecule has 2 fully saturated rings. The first-order valence-electron chi connectivity index (χ1n) is 12.4. The van der Waals surface area contributed by atoms with E-state index in [1.807, 2.05) is 24.3 Å². The Hall–Kier alpha value is -3.19. The highest BCUT2D eigenvalue weighted by molar-refractivity contribution is 5.79. The highest BCUT2D eigenvalue weighted by Gasteiger charge is 2.32. The smallest absolute Gasteiger partial charge is 0.225 e. The number of H-pyrrole nitrogens is 1. The molecule has 2 aliphatic heterocycles. The predicted molar refractivity (Wildman–Crippen MR) is 131 cm³/mol. The maximum absolute atomic E-state index is 13.2. The number of likely N-dealkylation sites (tertiary alicyclic amines) is 2. The minimum atomic E-state index is 0.135. The van der Waals surface area contributed by atoms with Crippen LogP contribution >= 0.6 is 0 Å². The molecule has 2 aromatic carbocycles. The Balaban J connectivity index is 1.01. The number of fused-ring (bicyclic) bond motifs is 2. The quantitative estimate of drug-likeness (QED) is 0.483. The summed E-state index contributed by atoms with van der Waals surface area (Å²) in [5, 5.41) is 0. The van der Waals surface area contributed by atoms with Crippen molar-refractivity contribution in [3.8, 4) is 0 Å². The monoisotopic (exact) mass is 457 g/mol. The van der Waals surface area contributed by atoms with E-state index in [1.54, 1.807) is 0 Å². The van der Waals surface area contributed by atoms with Gasteiger partial charge < -0.3 is 14.3 Å². The molecule has 4 aromatic rings. The lowest BCUT2D eigenvalue weighted by Gasteiger charge is -2.36. The fourth-order valence-electron chi connectivity index (χ4n) is 5.47. The number of aromatic nitrogens is 3. The number of imidazole rings is 1. The van der Waals surface area contributed by atoms with E-state index in [2.05, 4.69) is 44.9 Å². The number of nitrogens with one attached hydrogen (secondary N) is 1. The highest BCUT2D eigenvalue weighted by Crippen LogP contribution is 2.31. The van der Waals surface area contributed by atoms with Crippen molar-refractivity contribution in [2.75, 3.05) is 26.2 Å². The minimum Gasteiger partial charge on any atom is -0.440 e. The number of rotatable bonds is 4. The standard InChI is InChI=1S/C27H31N5O2/c1-18-6-7-21-23(16-18)29-25(28-21)17-31-12-8-20(9-13-31)27(33)32-14-10-19(11-15-32)26-30-22-4-2-3-5-24(22)34-26/h2-7,16,19-20H,8-15,17H2,1H3,(H,28,29). The van der Waals surface area contributed by atoms with Gasteiger partial charge in [0.1, 0.15) is 11.3 Å². The van der Waals surface area contributed by atoms with Gasteiger partial charge in [-0.3, -0.25) is 9.69 Å². The number of carbonyl (C=O) groups excluding carboxylic acids is 1. The zero-order chi connectivity index (χ0) is 23.1. The molecule has 7 nitrogen and oxygen atoms in total. The van der Waals surface area contributed by atoms with Gasteiger partial charge in [0.15, 0.2) is 11.5 Å². The number of nitrogens with zero attached hydrogens (tertiary/aromatic N) is 4. The SMILES string of the molecule is Cc1ccc2nc(CN3CCC(C(=O)N4CCC(c5nc6ccccc6o5)CC4)CC3)[nH]c2c1. The average Bonchev–Trinajstić information content (AvgIpc) is 3.47. The van der Waals surface area contributed by atoms with E-state index in [0.29, 0.717) is 11.8 Å². The van der Waals surface area contributed by atoms with Crippen LogP contribution in [0, 0.1) is 12.8 Å². The van der Waals surface area contributed by atoms with Crippen molar-refractivity contribution < 1.29 is 9.21 Å². The van der Waals surface area contributed by atoms with Crippen molar-refractivity contribution in [2.24, 2.45) is 5.92 Å². The lowest BCUT2D eigenvalue weighted by molar-refractivity contribution is -0.138. The zero-order valence-electron chi connectivity index (χ0n) is 19.7. The molecule has 2 saturated heterocycles. The molecule has 2 aromatic heterocycles. The highest BCUT2D eigenvalue weighted by atomic mass is 16.3. The molecule has 0 aliphatic carbocycles. The van der Waals surface area contributed by atoms with Gasteiger partial charge in [0.05, 0.1) is 17.6 Å². The van der Waals surface area contributed by atoms with Crippen molar-refractivity contribution in [1.29, 1.82) is 0 Å². The minimum absolute atomic E-state index is 0.135. The number of amides is 1. The topological polar surface area (TPSA) is 78.3 Å². The Morgan fingerprint density at radius 2 is 1.79 bits per heavy atom. The van der Waals surface area contributed by atoms with Crippen LogP contribution in [0.4, 0.5) is 0 Å². The molecule has 6 rings (SSSR count). The summed E-state index contributed by atoms with van der Waals surface area (Å²) < 4.78 is 5.98. The largest absolute Gasteiger partial charge is 0.440 e. The third kappa shape index (κ3) is 4.20. The van der Waals surface area contributed by atoms with E-state index in [0.717, 1.165) is 92.3 Å². The molecule has 4 heterocycles. The number of aryl methyl sites for hydroxylation is 1. The van der Waals surface area contributed by atoms with Gasteiger partial charge in [0.25, 0.3) is 0 Å². The number of hydrogen-bond acceptors (Lipinski definition) is 5. The zero-order valence-corrected chi connectivity index (χ0v) is 19.7. The predicted octanol–water partition coefficient (Wildman–Crippen LogP) is 4.63. The number of piperidine rings is 2. The Morgan fingerprint density at radius 1 is 1.00 bits per heavy atom. The summed E-state index contributed by atoms with van der Waals surface area (Å²) in [4.78, 5) is 30.5.